The van der Waals surface area contributed by atoms with Gasteiger partial charge in [-0.15, -0.1) is 0 Å². The van der Waals surface area contributed by atoms with Gasteiger partial charge in [-0.1, -0.05) is 24.8 Å². The fourth-order valence-electron chi connectivity index (χ4n) is 3.35. The lowest BCUT2D eigenvalue weighted by molar-refractivity contribution is -0.105. The highest BCUT2D eigenvalue weighted by atomic mass is 19.1. The summed E-state index contributed by atoms with van der Waals surface area (Å²) in [6, 6.07) is 11.8. The molecule has 0 unspecified atom stereocenters. The van der Waals surface area contributed by atoms with Crippen molar-refractivity contribution in [1.82, 2.24) is 9.97 Å². The highest BCUT2D eigenvalue weighted by Crippen LogP contribution is 2.30. The number of hydrogen-bond acceptors (Lipinski definition) is 4. The Morgan fingerprint density at radius 1 is 1.03 bits per heavy atom. The maximum atomic E-state index is 14.3. The van der Waals surface area contributed by atoms with E-state index in [2.05, 4.69) is 27.2 Å². The largest absolute Gasteiger partial charge is 0.322 e. The molecule has 0 radical (unpaired) electrons. The molecule has 37 heavy (non-hydrogen) atoms. The van der Waals surface area contributed by atoms with Gasteiger partial charge in [0.1, 0.15) is 29.1 Å². The van der Waals surface area contributed by atoms with Crippen LogP contribution in [-0.2, 0) is 4.79 Å². The molecule has 0 bridgehead atoms. The van der Waals surface area contributed by atoms with Crippen molar-refractivity contribution in [3.63, 3.8) is 0 Å². The highest BCUT2D eigenvalue weighted by molar-refractivity contribution is 6.04. The molecule has 3 aromatic rings. The Bertz CT molecular complexity index is 1410. The van der Waals surface area contributed by atoms with Crippen molar-refractivity contribution in [3.05, 3.63) is 113 Å². The van der Waals surface area contributed by atoms with E-state index in [9.17, 15) is 22.8 Å². The van der Waals surface area contributed by atoms with E-state index in [-0.39, 0.29) is 11.4 Å². The second-order valence-electron chi connectivity index (χ2n) is 7.62. The van der Waals surface area contributed by atoms with Crippen molar-refractivity contribution in [2.75, 3.05) is 10.6 Å². The Kier molecular flexibility index (Phi) is 8.88. The Morgan fingerprint density at radius 3 is 2.30 bits per heavy atom. The summed E-state index contributed by atoms with van der Waals surface area (Å²) in [5, 5.41) is 5.16. The molecule has 3 rings (SSSR count). The predicted octanol–water partition coefficient (Wildman–Crippen LogP) is 6.71. The van der Waals surface area contributed by atoms with Crippen LogP contribution in [0.5, 0.6) is 0 Å². The van der Waals surface area contributed by atoms with Crippen LogP contribution in [-0.4, -0.2) is 22.3 Å². The molecule has 6 nitrogen and oxygen atoms in total. The van der Waals surface area contributed by atoms with Gasteiger partial charge in [0.15, 0.2) is 0 Å². The first-order valence-corrected chi connectivity index (χ1v) is 11.1. The molecular formula is C28H23F3N4O2. The van der Waals surface area contributed by atoms with E-state index in [0.717, 1.165) is 12.2 Å². The number of aromatic nitrogens is 2. The van der Waals surface area contributed by atoms with Crippen molar-refractivity contribution in [1.29, 1.82) is 0 Å². The SMILES string of the molecule is C=C/C(F)=C(/C=C\c1c(NC=O)nc(C)nc1-c1ccc(C(=O)Nc2ccc(F)cc2)cc1)C(\F)=C/C. The van der Waals surface area contributed by atoms with Gasteiger partial charge in [-0.25, -0.2) is 23.1 Å². The zero-order valence-corrected chi connectivity index (χ0v) is 20.1. The number of amides is 2. The van der Waals surface area contributed by atoms with E-state index in [1.54, 1.807) is 31.2 Å². The van der Waals surface area contributed by atoms with Crippen LogP contribution in [0.4, 0.5) is 24.7 Å². The smallest absolute Gasteiger partial charge is 0.255 e. The van der Waals surface area contributed by atoms with Crippen molar-refractivity contribution >= 4 is 29.9 Å². The van der Waals surface area contributed by atoms with Gasteiger partial charge < -0.3 is 10.6 Å². The fourth-order valence-corrected chi connectivity index (χ4v) is 3.35. The van der Waals surface area contributed by atoms with Crippen LogP contribution in [0, 0.1) is 12.7 Å². The molecule has 1 heterocycles. The topological polar surface area (TPSA) is 84.0 Å². The third kappa shape index (κ3) is 6.66. The third-order valence-corrected chi connectivity index (χ3v) is 5.14. The zero-order chi connectivity index (χ0) is 26.9. The Labute approximate surface area is 212 Å². The number of hydrogen-bond donors (Lipinski definition) is 2. The molecule has 0 saturated heterocycles. The standard InChI is InChI=1S/C28H23F3N4O2/c1-4-24(30)22(25(31)5-2)14-15-23-26(33-17(3)34-27(23)32-16-36)18-6-8-19(9-7-18)28(37)35-21-12-10-20(29)11-13-21/h4-16H,1H2,2-3H3,(H,35,37)(H,32,33,34,36)/b15-14-,24-22+,25-5+. The van der Waals surface area contributed by atoms with Crippen molar-refractivity contribution in [3.8, 4) is 11.3 Å². The molecule has 2 N–H and O–H groups in total. The van der Waals surface area contributed by atoms with Crippen molar-refractivity contribution < 1.29 is 22.8 Å². The second kappa shape index (κ2) is 12.3. The van der Waals surface area contributed by atoms with E-state index in [4.69, 9.17) is 0 Å². The Morgan fingerprint density at radius 2 is 1.70 bits per heavy atom. The monoisotopic (exact) mass is 504 g/mol. The van der Waals surface area contributed by atoms with Crippen LogP contribution in [0.25, 0.3) is 17.3 Å². The summed E-state index contributed by atoms with van der Waals surface area (Å²) in [6.45, 7) is 6.38. The van der Waals surface area contributed by atoms with Gasteiger partial charge in [-0.3, -0.25) is 9.59 Å². The van der Waals surface area contributed by atoms with Gasteiger partial charge in [0.25, 0.3) is 5.91 Å². The second-order valence-corrected chi connectivity index (χ2v) is 7.62. The first-order chi connectivity index (χ1) is 17.8. The molecule has 0 aliphatic heterocycles. The molecule has 9 heteroatoms. The lowest BCUT2D eigenvalue weighted by atomic mass is 10.0. The van der Waals surface area contributed by atoms with Crippen LogP contribution in [0.1, 0.15) is 28.7 Å². The zero-order valence-electron chi connectivity index (χ0n) is 20.1. The van der Waals surface area contributed by atoms with Crippen LogP contribution in [0.2, 0.25) is 0 Å². The average molecular weight is 505 g/mol. The molecule has 0 spiro atoms. The van der Waals surface area contributed by atoms with Crippen LogP contribution in [0.15, 0.2) is 90.6 Å². The number of carbonyl (C=O) groups is 2. The molecular weight excluding hydrogens is 481 g/mol. The Balaban J connectivity index is 2.02. The number of halogens is 3. The summed E-state index contributed by atoms with van der Waals surface area (Å²) in [4.78, 5) is 32.5. The minimum Gasteiger partial charge on any atom is -0.322 e. The van der Waals surface area contributed by atoms with Gasteiger partial charge in [0.2, 0.25) is 6.41 Å². The van der Waals surface area contributed by atoms with Crippen LogP contribution >= 0.6 is 0 Å². The molecule has 188 valence electrons. The number of benzene rings is 2. The highest BCUT2D eigenvalue weighted by Gasteiger charge is 2.15. The molecule has 1 aromatic heterocycles. The summed E-state index contributed by atoms with van der Waals surface area (Å²) in [5.74, 6) is -2.03. The first kappa shape index (κ1) is 26.8. The van der Waals surface area contributed by atoms with Gasteiger partial charge in [0, 0.05) is 28.0 Å². The predicted molar refractivity (Wildman–Crippen MR) is 138 cm³/mol. The summed E-state index contributed by atoms with van der Waals surface area (Å²) in [7, 11) is 0. The minimum atomic E-state index is -0.872. The van der Waals surface area contributed by atoms with Crippen molar-refractivity contribution in [2.24, 2.45) is 0 Å². The van der Waals surface area contributed by atoms with Gasteiger partial charge in [-0.05, 0) is 68.5 Å². The van der Waals surface area contributed by atoms with E-state index in [1.165, 1.54) is 43.3 Å². The lowest BCUT2D eigenvalue weighted by Crippen LogP contribution is -2.11. The van der Waals surface area contributed by atoms with Gasteiger partial charge in [-0.2, -0.15) is 0 Å². The first-order valence-electron chi connectivity index (χ1n) is 11.1. The normalized spacial score (nSPS) is 12.2. The summed E-state index contributed by atoms with van der Waals surface area (Å²) in [6.07, 6.45) is 5.01. The molecule has 0 fully saturated rings. The maximum absolute atomic E-state index is 14.3. The van der Waals surface area contributed by atoms with Crippen LogP contribution < -0.4 is 10.6 Å². The van der Waals surface area contributed by atoms with Crippen molar-refractivity contribution in [2.45, 2.75) is 13.8 Å². The van der Waals surface area contributed by atoms with E-state index in [0.29, 0.717) is 40.3 Å². The van der Waals surface area contributed by atoms with Gasteiger partial charge in [0.05, 0.1) is 5.69 Å². The quantitative estimate of drug-likeness (QED) is 0.251. The number of aryl methyl sites for hydroxylation is 1. The third-order valence-electron chi connectivity index (χ3n) is 5.14. The van der Waals surface area contributed by atoms with Crippen LogP contribution in [0.3, 0.4) is 0 Å². The van der Waals surface area contributed by atoms with Gasteiger partial charge >= 0.3 is 0 Å². The molecule has 2 aromatic carbocycles. The number of rotatable bonds is 9. The fraction of sp³-hybridized carbons (Fsp3) is 0.0714. The number of anilines is 2. The van der Waals surface area contributed by atoms with E-state index >= 15 is 0 Å². The summed E-state index contributed by atoms with van der Waals surface area (Å²) < 4.78 is 41.6. The van der Waals surface area contributed by atoms with E-state index in [1.807, 2.05) is 0 Å². The molecule has 2 amide bonds. The molecule has 0 aliphatic carbocycles. The number of carbonyl (C=O) groups excluding carboxylic acids is 2. The summed E-state index contributed by atoms with van der Waals surface area (Å²) >= 11 is 0. The van der Waals surface area contributed by atoms with E-state index < -0.39 is 23.4 Å². The maximum Gasteiger partial charge on any atom is 0.255 e. The molecule has 0 atom stereocenters. The number of allylic oxidation sites excluding steroid dienone is 6. The average Bonchev–Trinajstić information content (AvgIpc) is 2.90. The minimum absolute atomic E-state index is 0.131. The number of nitrogens with zero attached hydrogens (tertiary/aromatic N) is 2. The summed E-state index contributed by atoms with van der Waals surface area (Å²) in [5.41, 5.74) is 1.63. The lowest BCUT2D eigenvalue weighted by Gasteiger charge is -2.12. The molecule has 0 aliphatic rings. The molecule has 0 saturated carbocycles. The number of nitrogens with one attached hydrogen (secondary N) is 2. The Hall–Kier alpha value is -4.79.